The lowest BCUT2D eigenvalue weighted by Gasteiger charge is -2.15. The van der Waals surface area contributed by atoms with Gasteiger partial charge >= 0.3 is 0 Å². The Balaban J connectivity index is 1.87. The zero-order valence-corrected chi connectivity index (χ0v) is 10.7. The Morgan fingerprint density at radius 1 is 1.31 bits per heavy atom. The Morgan fingerprint density at radius 2 is 1.88 bits per heavy atom. The maximum atomic E-state index is 11.1. The average Bonchev–Trinajstić information content (AvgIpc) is 2.92. The second-order valence-electron chi connectivity index (χ2n) is 5.38. The molecule has 2 rings (SSSR count). The molecule has 3 unspecified atom stereocenters. The number of sulfone groups is 1. The molecule has 3 atom stereocenters. The van der Waals surface area contributed by atoms with Gasteiger partial charge in [0.05, 0.1) is 5.75 Å². The number of hydrogen-bond donors (Lipinski definition) is 2. The van der Waals surface area contributed by atoms with Crippen molar-refractivity contribution in [2.45, 2.75) is 38.1 Å². The van der Waals surface area contributed by atoms with E-state index in [2.05, 4.69) is 5.43 Å². The van der Waals surface area contributed by atoms with E-state index in [1.54, 1.807) is 0 Å². The van der Waals surface area contributed by atoms with E-state index in [1.807, 2.05) is 0 Å². The number of hydrazine groups is 1. The van der Waals surface area contributed by atoms with Crippen molar-refractivity contribution in [1.29, 1.82) is 0 Å². The highest BCUT2D eigenvalue weighted by Crippen LogP contribution is 2.57. The molecule has 3 N–H and O–H groups in total. The van der Waals surface area contributed by atoms with Gasteiger partial charge in [-0.2, -0.15) is 0 Å². The SMILES string of the molecule is CS(=O)(=O)CCC(NN)C1C2CCCCC21. The number of rotatable bonds is 5. The second-order valence-corrected chi connectivity index (χ2v) is 7.64. The van der Waals surface area contributed by atoms with Crippen molar-refractivity contribution >= 4 is 9.84 Å². The molecule has 0 bridgehead atoms. The summed E-state index contributed by atoms with van der Waals surface area (Å²) in [6.45, 7) is 0. The first-order chi connectivity index (χ1) is 7.53. The smallest absolute Gasteiger partial charge is 0.147 e. The fraction of sp³-hybridized carbons (Fsp3) is 1.00. The van der Waals surface area contributed by atoms with Crippen LogP contribution in [-0.2, 0) is 9.84 Å². The topological polar surface area (TPSA) is 72.2 Å². The third kappa shape index (κ3) is 2.76. The molecule has 0 aliphatic heterocycles. The minimum absolute atomic E-state index is 0.197. The number of nitrogens with one attached hydrogen (secondary N) is 1. The van der Waals surface area contributed by atoms with Crippen LogP contribution in [0.15, 0.2) is 0 Å². The van der Waals surface area contributed by atoms with Gasteiger partial charge < -0.3 is 0 Å². The third-order valence-electron chi connectivity index (χ3n) is 4.20. The van der Waals surface area contributed by atoms with Gasteiger partial charge in [-0.25, -0.2) is 8.42 Å². The van der Waals surface area contributed by atoms with Crippen molar-refractivity contribution in [3.8, 4) is 0 Å². The van der Waals surface area contributed by atoms with E-state index in [0.29, 0.717) is 12.3 Å². The predicted octanol–water partition coefficient (Wildman–Crippen LogP) is 0.689. The molecule has 5 heteroatoms. The van der Waals surface area contributed by atoms with Crippen LogP contribution in [0.5, 0.6) is 0 Å². The standard InChI is InChI=1S/C11H22N2O2S/c1-16(14,15)7-6-10(13-12)11-8-4-2-3-5-9(8)11/h8-11,13H,2-7,12H2,1H3. The molecule has 0 saturated heterocycles. The zero-order chi connectivity index (χ0) is 11.8. The van der Waals surface area contributed by atoms with Crippen molar-refractivity contribution in [2.75, 3.05) is 12.0 Å². The summed E-state index contributed by atoms with van der Waals surface area (Å²) in [4.78, 5) is 0. The van der Waals surface area contributed by atoms with Gasteiger partial charge in [0.25, 0.3) is 0 Å². The molecule has 0 amide bonds. The highest BCUT2D eigenvalue weighted by atomic mass is 32.2. The van der Waals surface area contributed by atoms with Crippen LogP contribution in [0.2, 0.25) is 0 Å². The highest BCUT2D eigenvalue weighted by molar-refractivity contribution is 7.90. The molecule has 2 aliphatic rings. The Hall–Kier alpha value is -0.130. The van der Waals surface area contributed by atoms with E-state index in [9.17, 15) is 8.42 Å². The summed E-state index contributed by atoms with van der Waals surface area (Å²) in [6.07, 6.45) is 7.24. The van der Waals surface area contributed by atoms with Gasteiger partial charge in [0.2, 0.25) is 0 Å². The normalized spacial score (nSPS) is 35.5. The van der Waals surface area contributed by atoms with Gasteiger partial charge in [0.15, 0.2) is 0 Å². The Kier molecular flexibility index (Phi) is 3.56. The van der Waals surface area contributed by atoms with Gasteiger partial charge in [0.1, 0.15) is 9.84 Å². The molecular formula is C11H22N2O2S. The fourth-order valence-electron chi connectivity index (χ4n) is 3.37. The van der Waals surface area contributed by atoms with E-state index in [-0.39, 0.29) is 11.8 Å². The fourth-order valence-corrected chi connectivity index (χ4v) is 4.05. The van der Waals surface area contributed by atoms with Crippen LogP contribution in [0, 0.1) is 17.8 Å². The summed E-state index contributed by atoms with van der Waals surface area (Å²) in [5, 5.41) is 0. The summed E-state index contributed by atoms with van der Waals surface area (Å²) in [5.74, 6) is 8.06. The number of fused-ring (bicyclic) bond motifs is 1. The minimum Gasteiger partial charge on any atom is -0.271 e. The molecule has 0 spiro atoms. The first-order valence-electron chi connectivity index (χ1n) is 6.17. The summed E-state index contributed by atoms with van der Waals surface area (Å²) in [6, 6.07) is 0.197. The van der Waals surface area contributed by atoms with E-state index < -0.39 is 9.84 Å². The van der Waals surface area contributed by atoms with Gasteiger partial charge in [-0.1, -0.05) is 12.8 Å². The van der Waals surface area contributed by atoms with Crippen LogP contribution in [-0.4, -0.2) is 26.5 Å². The van der Waals surface area contributed by atoms with Gasteiger partial charge in [-0.05, 0) is 37.0 Å². The lowest BCUT2D eigenvalue weighted by atomic mass is 10.0. The summed E-state index contributed by atoms with van der Waals surface area (Å²) in [5.41, 5.74) is 2.83. The molecule has 16 heavy (non-hydrogen) atoms. The summed E-state index contributed by atoms with van der Waals surface area (Å²) in [7, 11) is -2.86. The molecule has 0 aromatic carbocycles. The molecular weight excluding hydrogens is 224 g/mol. The van der Waals surface area contributed by atoms with Crippen molar-refractivity contribution in [1.82, 2.24) is 5.43 Å². The average molecular weight is 246 g/mol. The van der Waals surface area contributed by atoms with Crippen LogP contribution in [0.1, 0.15) is 32.1 Å². The van der Waals surface area contributed by atoms with Crippen LogP contribution in [0.4, 0.5) is 0 Å². The van der Waals surface area contributed by atoms with Crippen molar-refractivity contribution < 1.29 is 8.42 Å². The summed E-state index contributed by atoms with van der Waals surface area (Å²) < 4.78 is 22.3. The highest BCUT2D eigenvalue weighted by Gasteiger charge is 2.53. The van der Waals surface area contributed by atoms with Crippen molar-refractivity contribution in [2.24, 2.45) is 23.6 Å². The van der Waals surface area contributed by atoms with E-state index in [0.717, 1.165) is 11.8 Å². The van der Waals surface area contributed by atoms with Crippen LogP contribution in [0.3, 0.4) is 0 Å². The maximum Gasteiger partial charge on any atom is 0.147 e. The van der Waals surface area contributed by atoms with E-state index in [4.69, 9.17) is 5.84 Å². The molecule has 94 valence electrons. The third-order valence-corrected chi connectivity index (χ3v) is 5.18. The summed E-state index contributed by atoms with van der Waals surface area (Å²) >= 11 is 0. The van der Waals surface area contributed by atoms with Crippen LogP contribution in [0.25, 0.3) is 0 Å². The predicted molar refractivity (Wildman–Crippen MR) is 64.4 cm³/mol. The first kappa shape index (κ1) is 12.3. The Labute approximate surface area is 97.9 Å². The van der Waals surface area contributed by atoms with Crippen molar-refractivity contribution in [3.63, 3.8) is 0 Å². The quantitative estimate of drug-likeness (QED) is 0.553. The number of nitrogens with two attached hydrogens (primary N) is 1. The molecule has 0 heterocycles. The van der Waals surface area contributed by atoms with Crippen LogP contribution >= 0.6 is 0 Å². The molecule has 0 aromatic rings. The minimum atomic E-state index is -2.86. The molecule has 2 fully saturated rings. The molecule has 0 aromatic heterocycles. The molecule has 4 nitrogen and oxygen atoms in total. The Morgan fingerprint density at radius 3 is 2.31 bits per heavy atom. The van der Waals surface area contributed by atoms with Gasteiger partial charge in [-0.3, -0.25) is 11.3 Å². The van der Waals surface area contributed by atoms with Gasteiger partial charge in [-0.15, -0.1) is 0 Å². The lowest BCUT2D eigenvalue weighted by Crippen LogP contribution is -2.39. The van der Waals surface area contributed by atoms with E-state index >= 15 is 0 Å². The Bertz CT molecular complexity index is 330. The monoisotopic (exact) mass is 246 g/mol. The zero-order valence-electron chi connectivity index (χ0n) is 9.85. The molecule has 0 radical (unpaired) electrons. The molecule has 2 aliphatic carbocycles. The molecule has 2 saturated carbocycles. The van der Waals surface area contributed by atoms with Crippen LogP contribution < -0.4 is 11.3 Å². The number of hydrogen-bond acceptors (Lipinski definition) is 4. The van der Waals surface area contributed by atoms with Gasteiger partial charge in [0, 0.05) is 12.3 Å². The maximum absolute atomic E-state index is 11.1. The van der Waals surface area contributed by atoms with E-state index in [1.165, 1.54) is 31.9 Å². The lowest BCUT2D eigenvalue weighted by molar-refractivity contribution is 0.427. The largest absolute Gasteiger partial charge is 0.271 e. The van der Waals surface area contributed by atoms with Crippen molar-refractivity contribution in [3.05, 3.63) is 0 Å². The first-order valence-corrected chi connectivity index (χ1v) is 8.23. The second kappa shape index (κ2) is 4.63.